The standard InChI is InChI=1S/C24H22ClN3O2/c1-16(18-8-11-22-23(14-18)30-13-12-28(22)2)26-19-9-10-20(25)21(15-19)27-24(29)17-6-4-3-5-7-17/h3-11,14-15,26H,1,12-13H2,2H3,(H,27,29). The van der Waals surface area contributed by atoms with Crippen LogP contribution in [0.3, 0.4) is 0 Å². The predicted molar refractivity (Wildman–Crippen MR) is 124 cm³/mol. The fourth-order valence-electron chi connectivity index (χ4n) is 3.28. The number of carbonyl (C=O) groups excluding carboxylic acids is 1. The summed E-state index contributed by atoms with van der Waals surface area (Å²) in [6, 6.07) is 20.4. The molecule has 0 aliphatic carbocycles. The highest BCUT2D eigenvalue weighted by Gasteiger charge is 2.16. The maximum absolute atomic E-state index is 12.5. The highest BCUT2D eigenvalue weighted by Crippen LogP contribution is 2.34. The van der Waals surface area contributed by atoms with E-state index in [2.05, 4.69) is 22.1 Å². The lowest BCUT2D eigenvalue weighted by Crippen LogP contribution is -2.28. The summed E-state index contributed by atoms with van der Waals surface area (Å²) < 4.78 is 5.78. The normalized spacial score (nSPS) is 12.5. The minimum Gasteiger partial charge on any atom is -0.490 e. The van der Waals surface area contributed by atoms with Crippen molar-refractivity contribution in [1.82, 2.24) is 0 Å². The highest BCUT2D eigenvalue weighted by atomic mass is 35.5. The second-order valence-electron chi connectivity index (χ2n) is 7.07. The third-order valence-corrected chi connectivity index (χ3v) is 5.28. The van der Waals surface area contributed by atoms with Crippen molar-refractivity contribution in [3.63, 3.8) is 0 Å². The Morgan fingerprint density at radius 2 is 1.83 bits per heavy atom. The number of nitrogens with zero attached hydrogens (tertiary/aromatic N) is 1. The number of nitrogens with one attached hydrogen (secondary N) is 2. The first-order valence-electron chi connectivity index (χ1n) is 9.61. The number of hydrogen-bond acceptors (Lipinski definition) is 4. The van der Waals surface area contributed by atoms with E-state index >= 15 is 0 Å². The van der Waals surface area contributed by atoms with Gasteiger partial charge < -0.3 is 20.3 Å². The molecule has 3 aromatic carbocycles. The molecule has 5 nitrogen and oxygen atoms in total. The first kappa shape index (κ1) is 19.9. The van der Waals surface area contributed by atoms with Crippen LogP contribution < -0.4 is 20.3 Å². The summed E-state index contributed by atoms with van der Waals surface area (Å²) in [4.78, 5) is 14.6. The second-order valence-corrected chi connectivity index (χ2v) is 7.48. The van der Waals surface area contributed by atoms with E-state index in [1.54, 1.807) is 24.3 Å². The van der Waals surface area contributed by atoms with Crippen molar-refractivity contribution in [3.8, 4) is 5.75 Å². The molecule has 152 valence electrons. The Morgan fingerprint density at radius 1 is 1.03 bits per heavy atom. The van der Waals surface area contributed by atoms with Crippen molar-refractivity contribution < 1.29 is 9.53 Å². The SMILES string of the molecule is C=C(Nc1ccc(Cl)c(NC(=O)c2ccccc2)c1)c1ccc2c(c1)OCCN2C. The molecule has 1 aliphatic heterocycles. The molecule has 0 spiro atoms. The predicted octanol–water partition coefficient (Wildman–Crippen LogP) is 5.50. The summed E-state index contributed by atoms with van der Waals surface area (Å²) in [7, 11) is 2.05. The highest BCUT2D eigenvalue weighted by molar-refractivity contribution is 6.34. The molecule has 30 heavy (non-hydrogen) atoms. The Balaban J connectivity index is 1.50. The van der Waals surface area contributed by atoms with Crippen LogP contribution in [-0.2, 0) is 0 Å². The molecule has 3 aromatic rings. The van der Waals surface area contributed by atoms with Gasteiger partial charge in [0.05, 0.1) is 22.9 Å². The summed E-state index contributed by atoms with van der Waals surface area (Å²) in [5.41, 5.74) is 4.57. The summed E-state index contributed by atoms with van der Waals surface area (Å²) in [5, 5.41) is 6.60. The molecule has 0 saturated heterocycles. The van der Waals surface area contributed by atoms with Crippen molar-refractivity contribution in [1.29, 1.82) is 0 Å². The average molecular weight is 420 g/mol. The molecule has 0 saturated carbocycles. The van der Waals surface area contributed by atoms with Gasteiger partial charge in [-0.25, -0.2) is 0 Å². The Kier molecular flexibility index (Phi) is 5.63. The number of fused-ring (bicyclic) bond motifs is 1. The third-order valence-electron chi connectivity index (χ3n) is 4.95. The van der Waals surface area contributed by atoms with Crippen LogP contribution >= 0.6 is 11.6 Å². The number of rotatable bonds is 5. The maximum Gasteiger partial charge on any atom is 0.255 e. The monoisotopic (exact) mass is 419 g/mol. The molecule has 4 rings (SSSR count). The molecule has 1 aliphatic rings. The lowest BCUT2D eigenvalue weighted by Gasteiger charge is -2.28. The van der Waals surface area contributed by atoms with Gasteiger partial charge in [-0.15, -0.1) is 0 Å². The fourth-order valence-corrected chi connectivity index (χ4v) is 3.44. The molecule has 0 fully saturated rings. The minimum absolute atomic E-state index is 0.218. The Labute approximate surface area is 180 Å². The number of benzene rings is 3. The van der Waals surface area contributed by atoms with E-state index < -0.39 is 0 Å². The van der Waals surface area contributed by atoms with Gasteiger partial charge in [-0.3, -0.25) is 4.79 Å². The minimum atomic E-state index is -0.218. The summed E-state index contributed by atoms with van der Waals surface area (Å²) in [6.45, 7) is 5.68. The van der Waals surface area contributed by atoms with Gasteiger partial charge in [-0.1, -0.05) is 42.4 Å². The van der Waals surface area contributed by atoms with Gasteiger partial charge in [-0.2, -0.15) is 0 Å². The molecule has 0 aromatic heterocycles. The molecule has 0 atom stereocenters. The van der Waals surface area contributed by atoms with Gasteiger partial charge >= 0.3 is 0 Å². The van der Waals surface area contributed by atoms with Crippen LogP contribution in [0.2, 0.25) is 5.02 Å². The molecule has 1 heterocycles. The lowest BCUT2D eigenvalue weighted by molar-refractivity contribution is 0.102. The summed E-state index contributed by atoms with van der Waals surface area (Å²) >= 11 is 6.29. The second kappa shape index (κ2) is 8.51. The molecule has 0 bridgehead atoms. The van der Waals surface area contributed by atoms with Crippen LogP contribution in [0.4, 0.5) is 17.1 Å². The number of hydrogen-bond donors (Lipinski definition) is 2. The van der Waals surface area contributed by atoms with Crippen molar-refractivity contribution in [2.75, 3.05) is 35.7 Å². The zero-order valence-electron chi connectivity index (χ0n) is 16.6. The summed E-state index contributed by atoms with van der Waals surface area (Å²) in [5.74, 6) is 0.626. The van der Waals surface area contributed by atoms with E-state index in [1.165, 1.54) is 0 Å². The largest absolute Gasteiger partial charge is 0.490 e. The number of anilines is 3. The van der Waals surface area contributed by atoms with Crippen LogP contribution in [0.1, 0.15) is 15.9 Å². The molecule has 6 heteroatoms. The first-order valence-corrected chi connectivity index (χ1v) is 9.99. The van der Waals surface area contributed by atoms with E-state index in [0.717, 1.165) is 34.9 Å². The Hall–Kier alpha value is -3.44. The van der Waals surface area contributed by atoms with E-state index in [0.29, 0.717) is 22.9 Å². The van der Waals surface area contributed by atoms with Crippen molar-refractivity contribution in [2.45, 2.75) is 0 Å². The van der Waals surface area contributed by atoms with Crippen LogP contribution in [0, 0.1) is 0 Å². The van der Waals surface area contributed by atoms with Gasteiger partial charge in [-0.05, 0) is 42.5 Å². The summed E-state index contributed by atoms with van der Waals surface area (Å²) in [6.07, 6.45) is 0. The lowest BCUT2D eigenvalue weighted by atomic mass is 10.1. The van der Waals surface area contributed by atoms with E-state index in [1.807, 2.05) is 49.5 Å². The maximum atomic E-state index is 12.5. The topological polar surface area (TPSA) is 53.6 Å². The number of halogens is 1. The number of amides is 1. The molecule has 0 radical (unpaired) electrons. The molecular weight excluding hydrogens is 398 g/mol. The Morgan fingerprint density at radius 3 is 2.63 bits per heavy atom. The quantitative estimate of drug-likeness (QED) is 0.573. The van der Waals surface area contributed by atoms with Gasteiger partial charge in [0.1, 0.15) is 12.4 Å². The Bertz CT molecular complexity index is 1100. The van der Waals surface area contributed by atoms with Crippen LogP contribution in [0.25, 0.3) is 5.70 Å². The zero-order chi connectivity index (χ0) is 21.1. The van der Waals surface area contributed by atoms with Crippen molar-refractivity contribution >= 4 is 40.3 Å². The van der Waals surface area contributed by atoms with Gasteiger partial charge in [0.25, 0.3) is 5.91 Å². The van der Waals surface area contributed by atoms with Gasteiger partial charge in [0.2, 0.25) is 0 Å². The fraction of sp³-hybridized carbons (Fsp3) is 0.125. The van der Waals surface area contributed by atoms with E-state index in [4.69, 9.17) is 16.3 Å². The molecule has 2 N–H and O–H groups in total. The van der Waals surface area contributed by atoms with Crippen LogP contribution in [0.15, 0.2) is 73.3 Å². The number of likely N-dealkylation sites (N-methyl/N-ethyl adjacent to an activating group) is 1. The smallest absolute Gasteiger partial charge is 0.255 e. The average Bonchev–Trinajstić information content (AvgIpc) is 2.76. The van der Waals surface area contributed by atoms with E-state index in [-0.39, 0.29) is 5.91 Å². The number of carbonyl (C=O) groups is 1. The van der Waals surface area contributed by atoms with Crippen molar-refractivity contribution in [2.24, 2.45) is 0 Å². The molecule has 1 amide bonds. The number of ether oxygens (including phenoxy) is 1. The van der Waals surface area contributed by atoms with Crippen LogP contribution in [0.5, 0.6) is 5.75 Å². The zero-order valence-corrected chi connectivity index (χ0v) is 17.4. The van der Waals surface area contributed by atoms with Crippen LogP contribution in [-0.4, -0.2) is 26.1 Å². The first-order chi connectivity index (χ1) is 14.5. The van der Waals surface area contributed by atoms with Gasteiger partial charge in [0, 0.05) is 29.6 Å². The molecular formula is C24H22ClN3O2. The third kappa shape index (κ3) is 4.26. The van der Waals surface area contributed by atoms with Crippen molar-refractivity contribution in [3.05, 3.63) is 89.5 Å². The van der Waals surface area contributed by atoms with E-state index in [9.17, 15) is 4.79 Å². The van der Waals surface area contributed by atoms with Gasteiger partial charge in [0.15, 0.2) is 0 Å². The molecule has 0 unspecified atom stereocenters.